The minimum Gasteiger partial charge on any atom is -0.456 e. The Balaban J connectivity index is 2.27. The summed E-state index contributed by atoms with van der Waals surface area (Å²) in [5.41, 5.74) is 2.16. The molecular weight excluding hydrogens is 360 g/mol. The lowest BCUT2D eigenvalue weighted by Crippen LogP contribution is -2.17. The van der Waals surface area contributed by atoms with Crippen LogP contribution in [0, 0.1) is 16.0 Å². The van der Waals surface area contributed by atoms with Crippen LogP contribution in [0.5, 0.6) is 0 Å². The molecule has 0 saturated heterocycles. The Labute approximate surface area is 166 Å². The average molecular weight is 392 g/mol. The lowest BCUT2D eigenvalue weighted by Gasteiger charge is -2.09. The van der Waals surface area contributed by atoms with Crippen LogP contribution in [-0.4, -0.2) is 28.4 Å². The minimum absolute atomic E-state index is 0.0214. The van der Waals surface area contributed by atoms with Crippen molar-refractivity contribution in [3.63, 3.8) is 0 Å². The Kier molecular flexibility index (Phi) is 11.5. The number of carbonyl (C=O) groups excluding carboxylic acids is 1. The van der Waals surface area contributed by atoms with Gasteiger partial charge in [-0.3, -0.25) is 10.1 Å². The minimum atomic E-state index is -0.595. The number of nitrogens with zero attached hydrogens (tertiary/aromatic N) is 2. The molecule has 0 atom stereocenters. The zero-order valence-electron chi connectivity index (χ0n) is 16.9. The van der Waals surface area contributed by atoms with Gasteiger partial charge in [0, 0.05) is 17.8 Å². The molecule has 0 heterocycles. The lowest BCUT2D eigenvalue weighted by molar-refractivity contribution is -0.480. The molecule has 0 saturated carbocycles. The van der Waals surface area contributed by atoms with Crippen LogP contribution in [-0.2, 0) is 22.6 Å². The van der Waals surface area contributed by atoms with Crippen LogP contribution < -0.4 is 0 Å². The summed E-state index contributed by atoms with van der Waals surface area (Å²) in [6.07, 6.45) is 6.22. The van der Waals surface area contributed by atoms with Gasteiger partial charge < -0.3 is 9.94 Å². The van der Waals surface area contributed by atoms with Crippen LogP contribution in [0.1, 0.15) is 69.9 Å². The number of ether oxygens (including phenoxy) is 1. The Hall–Kier alpha value is -2.44. The van der Waals surface area contributed by atoms with E-state index in [0.29, 0.717) is 25.2 Å². The van der Waals surface area contributed by atoms with E-state index in [1.54, 1.807) is 0 Å². The summed E-state index contributed by atoms with van der Waals surface area (Å²) in [5.74, 6) is -0.0401. The molecule has 0 aromatic heterocycles. The molecule has 1 aromatic carbocycles. The zero-order valence-corrected chi connectivity index (χ0v) is 16.9. The molecule has 0 aliphatic heterocycles. The van der Waals surface area contributed by atoms with Gasteiger partial charge in [-0.1, -0.05) is 62.5 Å². The van der Waals surface area contributed by atoms with Crippen molar-refractivity contribution in [1.29, 1.82) is 0 Å². The average Bonchev–Trinajstić information content (AvgIpc) is 2.64. The quantitative estimate of drug-likeness (QED) is 0.123. The van der Waals surface area contributed by atoms with Crippen LogP contribution >= 0.6 is 0 Å². The number of unbranched alkanes of at least 4 members (excludes halogenated alkanes) is 5. The van der Waals surface area contributed by atoms with Gasteiger partial charge in [0.2, 0.25) is 6.54 Å². The highest BCUT2D eigenvalue weighted by Gasteiger charge is 2.14. The smallest absolute Gasteiger partial charge is 0.356 e. The van der Waals surface area contributed by atoms with Gasteiger partial charge in [0.05, 0.1) is 0 Å². The Morgan fingerprint density at radius 1 is 1.14 bits per heavy atom. The van der Waals surface area contributed by atoms with E-state index in [0.717, 1.165) is 37.7 Å². The van der Waals surface area contributed by atoms with Crippen molar-refractivity contribution in [3.05, 3.63) is 45.5 Å². The predicted octanol–water partition coefficient (Wildman–Crippen LogP) is 4.77. The van der Waals surface area contributed by atoms with Gasteiger partial charge in [0.1, 0.15) is 6.61 Å². The summed E-state index contributed by atoms with van der Waals surface area (Å²) >= 11 is 0. The van der Waals surface area contributed by atoms with Gasteiger partial charge in [0.15, 0.2) is 5.71 Å². The summed E-state index contributed by atoms with van der Waals surface area (Å²) in [4.78, 5) is 22.0. The first-order valence-electron chi connectivity index (χ1n) is 10.00. The summed E-state index contributed by atoms with van der Waals surface area (Å²) < 4.78 is 5.28. The number of esters is 1. The summed E-state index contributed by atoms with van der Waals surface area (Å²) in [6, 6.07) is 7.95. The molecule has 0 radical (unpaired) electrons. The molecule has 0 spiro atoms. The highest BCUT2D eigenvalue weighted by Crippen LogP contribution is 2.12. The molecule has 1 N–H and O–H groups in total. The number of rotatable bonds is 14. The monoisotopic (exact) mass is 392 g/mol. The number of oxime groups is 1. The van der Waals surface area contributed by atoms with Crippen molar-refractivity contribution < 1.29 is 19.7 Å². The highest BCUT2D eigenvalue weighted by atomic mass is 16.6. The van der Waals surface area contributed by atoms with E-state index in [1.807, 2.05) is 18.2 Å². The number of carbonyl (C=O) groups is 1. The lowest BCUT2D eigenvalue weighted by atomic mass is 10.0. The highest BCUT2D eigenvalue weighted by molar-refractivity contribution is 6.36. The third-order valence-electron chi connectivity index (χ3n) is 4.37. The van der Waals surface area contributed by atoms with Crippen LogP contribution in [0.2, 0.25) is 0 Å². The third kappa shape index (κ3) is 10.6. The van der Waals surface area contributed by atoms with Crippen LogP contribution in [0.3, 0.4) is 0 Å². The van der Waals surface area contributed by atoms with Crippen LogP contribution in [0.4, 0.5) is 0 Å². The molecule has 0 unspecified atom stereocenters. The predicted molar refractivity (Wildman–Crippen MR) is 108 cm³/mol. The second-order valence-corrected chi connectivity index (χ2v) is 7.47. The summed E-state index contributed by atoms with van der Waals surface area (Å²) in [6.45, 7) is 4.49. The maximum absolute atomic E-state index is 12.1. The maximum atomic E-state index is 12.1. The van der Waals surface area contributed by atoms with E-state index < -0.39 is 5.97 Å². The molecule has 0 fully saturated rings. The van der Waals surface area contributed by atoms with Gasteiger partial charge in [-0.05, 0) is 36.3 Å². The normalized spacial score (nSPS) is 11.6. The molecular formula is C21H32N2O5. The first kappa shape index (κ1) is 23.6. The van der Waals surface area contributed by atoms with Crippen molar-refractivity contribution in [3.8, 4) is 0 Å². The van der Waals surface area contributed by atoms with Crippen molar-refractivity contribution in [1.82, 2.24) is 0 Å². The maximum Gasteiger partial charge on any atom is 0.356 e. The van der Waals surface area contributed by atoms with Crippen molar-refractivity contribution in [2.24, 2.45) is 11.1 Å². The summed E-state index contributed by atoms with van der Waals surface area (Å²) in [7, 11) is 0. The number of hydrogen-bond acceptors (Lipinski definition) is 6. The van der Waals surface area contributed by atoms with E-state index in [1.165, 1.54) is 5.56 Å². The molecule has 0 aliphatic rings. The molecule has 156 valence electrons. The van der Waals surface area contributed by atoms with Crippen LogP contribution in [0.15, 0.2) is 29.4 Å². The SMILES string of the molecule is CC(C)Cc1cccc(COC(=O)C(CCCCCCCC[N+](=O)[O-])=NO)c1. The van der Waals surface area contributed by atoms with E-state index in [4.69, 9.17) is 9.94 Å². The second kappa shape index (κ2) is 13.7. The Morgan fingerprint density at radius 2 is 1.79 bits per heavy atom. The first-order valence-corrected chi connectivity index (χ1v) is 10.00. The summed E-state index contributed by atoms with van der Waals surface area (Å²) in [5, 5.41) is 22.4. The molecule has 1 aromatic rings. The van der Waals surface area contributed by atoms with Crippen molar-refractivity contribution >= 4 is 11.7 Å². The van der Waals surface area contributed by atoms with Crippen molar-refractivity contribution in [2.45, 2.75) is 71.8 Å². The molecule has 0 bridgehead atoms. The fraction of sp³-hybridized carbons (Fsp3) is 0.619. The second-order valence-electron chi connectivity index (χ2n) is 7.47. The van der Waals surface area contributed by atoms with E-state index in [-0.39, 0.29) is 23.8 Å². The fourth-order valence-corrected chi connectivity index (χ4v) is 2.98. The number of nitro groups is 1. The first-order chi connectivity index (χ1) is 13.4. The standard InChI is InChI=1S/C21H32N2O5/c1-17(2)14-18-10-9-11-19(15-18)16-28-21(24)20(22-25)12-7-5-3-4-6-8-13-23(26)27/h9-11,15,17,25H,3-8,12-14,16H2,1-2H3. The van der Waals surface area contributed by atoms with E-state index in [2.05, 4.69) is 25.1 Å². The fourth-order valence-electron chi connectivity index (χ4n) is 2.98. The zero-order chi connectivity index (χ0) is 20.8. The number of hydrogen-bond donors (Lipinski definition) is 1. The molecule has 28 heavy (non-hydrogen) atoms. The van der Waals surface area contributed by atoms with Crippen molar-refractivity contribution in [2.75, 3.05) is 6.54 Å². The van der Waals surface area contributed by atoms with Gasteiger partial charge in [0.25, 0.3) is 0 Å². The van der Waals surface area contributed by atoms with E-state index in [9.17, 15) is 14.9 Å². The molecule has 1 rings (SSSR count). The van der Waals surface area contributed by atoms with E-state index >= 15 is 0 Å². The molecule has 7 heteroatoms. The van der Waals surface area contributed by atoms with Gasteiger partial charge in [-0.25, -0.2) is 4.79 Å². The molecule has 7 nitrogen and oxygen atoms in total. The number of benzene rings is 1. The Bertz CT molecular complexity index is 643. The van der Waals surface area contributed by atoms with Gasteiger partial charge in [-0.15, -0.1) is 0 Å². The van der Waals surface area contributed by atoms with Gasteiger partial charge in [-0.2, -0.15) is 0 Å². The molecule has 0 amide bonds. The third-order valence-corrected chi connectivity index (χ3v) is 4.37. The van der Waals surface area contributed by atoms with Gasteiger partial charge >= 0.3 is 5.97 Å². The Morgan fingerprint density at radius 3 is 2.43 bits per heavy atom. The largest absolute Gasteiger partial charge is 0.456 e. The topological polar surface area (TPSA) is 102 Å². The molecule has 0 aliphatic carbocycles. The van der Waals surface area contributed by atoms with Crippen LogP contribution in [0.25, 0.3) is 0 Å².